The number of methoxy groups -OCH3 is 1. The van der Waals surface area contributed by atoms with Crippen LogP contribution in [0.4, 0.5) is 0 Å². The van der Waals surface area contributed by atoms with Crippen LogP contribution in [0.15, 0.2) is 11.1 Å². The Balaban J connectivity index is 2.68. The first-order valence-corrected chi connectivity index (χ1v) is 7.98. The molecule has 0 saturated heterocycles. The number of aromatic nitrogens is 3. The Labute approximate surface area is 119 Å². The molecule has 104 valence electrons. The molecule has 19 heavy (non-hydrogen) atoms. The van der Waals surface area contributed by atoms with E-state index in [0.717, 1.165) is 0 Å². The second-order valence-electron chi connectivity index (χ2n) is 3.91. The molecule has 6 nitrogen and oxygen atoms in total. The molecule has 0 bridgehead atoms. The lowest BCUT2D eigenvalue weighted by molar-refractivity contribution is 0.200. The van der Waals surface area contributed by atoms with E-state index >= 15 is 0 Å². The zero-order valence-electron chi connectivity index (χ0n) is 10.2. The average Bonchev–Trinajstić information content (AvgIpc) is 2.65. The van der Waals surface area contributed by atoms with Gasteiger partial charge in [0.15, 0.2) is 0 Å². The van der Waals surface area contributed by atoms with Gasteiger partial charge in [-0.2, -0.15) is 0 Å². The summed E-state index contributed by atoms with van der Waals surface area (Å²) in [6.45, 7) is 0.451. The Kier molecular flexibility index (Phi) is 4.00. The zero-order chi connectivity index (χ0) is 14.2. The Morgan fingerprint density at radius 3 is 2.68 bits per heavy atom. The molecule has 0 N–H and O–H groups in total. The van der Waals surface area contributed by atoms with Gasteiger partial charge in [0.05, 0.1) is 12.0 Å². The van der Waals surface area contributed by atoms with Gasteiger partial charge in [-0.3, -0.25) is 0 Å². The minimum atomic E-state index is -3.90. The van der Waals surface area contributed by atoms with E-state index in [2.05, 4.69) is 9.97 Å². The summed E-state index contributed by atoms with van der Waals surface area (Å²) in [4.78, 5) is 8.25. The number of nitrogens with zero attached hydrogens (tertiary/aromatic N) is 3. The third-order valence-electron chi connectivity index (χ3n) is 2.58. The zero-order valence-corrected chi connectivity index (χ0v) is 12.6. The molecule has 0 saturated carbocycles. The van der Waals surface area contributed by atoms with Crippen molar-refractivity contribution in [2.75, 3.05) is 13.7 Å². The predicted octanol–water partition coefficient (Wildman–Crippen LogP) is 1.74. The summed E-state index contributed by atoms with van der Waals surface area (Å²) in [7, 11) is 4.71. The second-order valence-corrected chi connectivity index (χ2v) is 6.81. The number of fused-ring (bicyclic) bond motifs is 1. The minimum absolute atomic E-state index is 0.0657. The first-order chi connectivity index (χ1) is 8.84. The first kappa shape index (κ1) is 14.5. The van der Waals surface area contributed by atoms with Crippen LogP contribution >= 0.6 is 22.3 Å². The molecule has 2 aromatic heterocycles. The van der Waals surface area contributed by atoms with Gasteiger partial charge in [0.1, 0.15) is 21.5 Å². The average molecular weight is 324 g/mol. The monoisotopic (exact) mass is 323 g/mol. The van der Waals surface area contributed by atoms with Crippen LogP contribution in [0.25, 0.3) is 11.0 Å². The van der Waals surface area contributed by atoms with Crippen molar-refractivity contribution >= 4 is 42.4 Å². The van der Waals surface area contributed by atoms with Crippen LogP contribution in [0.3, 0.4) is 0 Å². The molecular formula is C10H11Cl2N3O3S. The minimum Gasteiger partial charge on any atom is -0.384 e. The van der Waals surface area contributed by atoms with Crippen molar-refractivity contribution in [1.29, 1.82) is 0 Å². The van der Waals surface area contributed by atoms with Crippen molar-refractivity contribution in [1.82, 2.24) is 14.5 Å². The van der Waals surface area contributed by atoms with Crippen molar-refractivity contribution in [3.8, 4) is 0 Å². The van der Waals surface area contributed by atoms with Gasteiger partial charge < -0.3 is 9.30 Å². The Bertz CT molecular complexity index is 727. The highest BCUT2D eigenvalue weighted by Gasteiger charge is 2.22. The van der Waals surface area contributed by atoms with Crippen LogP contribution in [-0.4, -0.2) is 36.7 Å². The van der Waals surface area contributed by atoms with Crippen LogP contribution in [0.5, 0.6) is 0 Å². The third-order valence-corrected chi connectivity index (χ3v) is 4.18. The largest absolute Gasteiger partial charge is 0.384 e. The molecule has 0 fully saturated rings. The lowest BCUT2D eigenvalue weighted by Crippen LogP contribution is -2.03. The van der Waals surface area contributed by atoms with E-state index in [1.54, 1.807) is 18.7 Å². The fraction of sp³-hybridized carbons (Fsp3) is 0.400. The standard InChI is InChI=1S/C10H11Cl2N3O3S/c1-15-5-6(19(12,16)17)8-9(11)13-7(3-4-18-2)14-10(8)15/h5H,3-4H2,1-2H3. The molecule has 0 unspecified atom stereocenters. The van der Waals surface area contributed by atoms with Gasteiger partial charge in [0.2, 0.25) is 0 Å². The molecule has 0 aromatic carbocycles. The molecular weight excluding hydrogens is 313 g/mol. The van der Waals surface area contributed by atoms with Crippen molar-refractivity contribution in [2.45, 2.75) is 11.3 Å². The summed E-state index contributed by atoms with van der Waals surface area (Å²) in [5.41, 5.74) is 0.422. The topological polar surface area (TPSA) is 74.1 Å². The highest BCUT2D eigenvalue weighted by Crippen LogP contribution is 2.31. The fourth-order valence-corrected chi connectivity index (χ4v) is 3.13. The van der Waals surface area contributed by atoms with Gasteiger partial charge in [-0.25, -0.2) is 18.4 Å². The highest BCUT2D eigenvalue weighted by molar-refractivity contribution is 8.14. The van der Waals surface area contributed by atoms with E-state index < -0.39 is 9.05 Å². The Morgan fingerprint density at radius 1 is 1.42 bits per heavy atom. The molecule has 0 radical (unpaired) electrons. The van der Waals surface area contributed by atoms with E-state index in [9.17, 15) is 8.42 Å². The van der Waals surface area contributed by atoms with Gasteiger partial charge in [0, 0.05) is 37.5 Å². The van der Waals surface area contributed by atoms with Gasteiger partial charge in [-0.15, -0.1) is 0 Å². The number of hydrogen-bond acceptors (Lipinski definition) is 5. The van der Waals surface area contributed by atoms with Crippen molar-refractivity contribution in [3.05, 3.63) is 17.2 Å². The molecule has 0 atom stereocenters. The van der Waals surface area contributed by atoms with E-state index in [1.807, 2.05) is 0 Å². The summed E-state index contributed by atoms with van der Waals surface area (Å²) < 4.78 is 29.5. The third kappa shape index (κ3) is 2.84. The Morgan fingerprint density at radius 2 is 2.11 bits per heavy atom. The number of hydrogen-bond donors (Lipinski definition) is 0. The van der Waals surface area contributed by atoms with E-state index in [4.69, 9.17) is 27.0 Å². The molecule has 2 heterocycles. The molecule has 0 aliphatic carbocycles. The number of aryl methyl sites for hydroxylation is 1. The highest BCUT2D eigenvalue weighted by atomic mass is 35.7. The van der Waals surface area contributed by atoms with Crippen LogP contribution in [0, 0.1) is 0 Å². The first-order valence-electron chi connectivity index (χ1n) is 5.29. The van der Waals surface area contributed by atoms with Gasteiger partial charge in [-0.1, -0.05) is 11.6 Å². The van der Waals surface area contributed by atoms with Crippen LogP contribution < -0.4 is 0 Å². The second kappa shape index (κ2) is 5.24. The van der Waals surface area contributed by atoms with E-state index in [-0.39, 0.29) is 15.4 Å². The van der Waals surface area contributed by atoms with Gasteiger partial charge >= 0.3 is 0 Å². The van der Waals surface area contributed by atoms with Crippen LogP contribution in [0.2, 0.25) is 5.15 Å². The normalized spacial score (nSPS) is 12.2. The number of ether oxygens (including phenoxy) is 1. The molecule has 2 rings (SSSR count). The van der Waals surface area contributed by atoms with E-state index in [1.165, 1.54) is 6.20 Å². The Hall–Kier alpha value is -0.890. The maximum atomic E-state index is 11.5. The number of halogens is 2. The smallest absolute Gasteiger partial charge is 0.263 e. The SMILES string of the molecule is COCCc1nc(Cl)c2c(S(=O)(=O)Cl)cn(C)c2n1. The number of rotatable bonds is 4. The van der Waals surface area contributed by atoms with Gasteiger partial charge in [-0.05, 0) is 0 Å². The lowest BCUT2D eigenvalue weighted by atomic mass is 10.3. The molecule has 0 aliphatic rings. The maximum absolute atomic E-state index is 11.5. The molecule has 0 spiro atoms. The van der Waals surface area contributed by atoms with Crippen LogP contribution in [-0.2, 0) is 27.3 Å². The van der Waals surface area contributed by atoms with Crippen molar-refractivity contribution < 1.29 is 13.2 Å². The fourth-order valence-electron chi connectivity index (χ4n) is 1.72. The quantitative estimate of drug-likeness (QED) is 0.633. The maximum Gasteiger partial charge on any atom is 0.263 e. The summed E-state index contributed by atoms with van der Waals surface area (Å²) in [6.07, 6.45) is 1.86. The van der Waals surface area contributed by atoms with Gasteiger partial charge in [0.25, 0.3) is 9.05 Å². The molecule has 9 heteroatoms. The van der Waals surface area contributed by atoms with Crippen molar-refractivity contribution in [3.63, 3.8) is 0 Å². The molecule has 2 aromatic rings. The lowest BCUT2D eigenvalue weighted by Gasteiger charge is -2.03. The summed E-state index contributed by atoms with van der Waals surface area (Å²) in [5.74, 6) is 0.485. The summed E-state index contributed by atoms with van der Waals surface area (Å²) >= 11 is 6.04. The molecule has 0 aliphatic heterocycles. The molecule has 0 amide bonds. The van der Waals surface area contributed by atoms with Crippen LogP contribution in [0.1, 0.15) is 5.82 Å². The predicted molar refractivity (Wildman–Crippen MR) is 72.1 cm³/mol. The summed E-state index contributed by atoms with van der Waals surface area (Å²) in [6, 6.07) is 0. The summed E-state index contributed by atoms with van der Waals surface area (Å²) in [5, 5.41) is 0.302. The van der Waals surface area contributed by atoms with Crippen molar-refractivity contribution in [2.24, 2.45) is 7.05 Å². The van der Waals surface area contributed by atoms with E-state index in [0.29, 0.717) is 24.5 Å².